The van der Waals surface area contributed by atoms with Gasteiger partial charge in [-0.05, 0) is 6.42 Å². The molecule has 0 aliphatic heterocycles. The highest BCUT2D eigenvalue weighted by atomic mass is 15.2. The Morgan fingerprint density at radius 1 is 1.37 bits per heavy atom. The third-order valence-corrected chi connectivity index (χ3v) is 3.00. The van der Waals surface area contributed by atoms with Crippen molar-refractivity contribution in [1.29, 1.82) is 0 Å². The first kappa shape index (κ1) is 11.6. The van der Waals surface area contributed by atoms with E-state index in [9.17, 15) is 0 Å². The van der Waals surface area contributed by atoms with Gasteiger partial charge in [0.25, 0.3) is 0 Å². The lowest BCUT2D eigenvalue weighted by molar-refractivity contribution is 0.645. The summed E-state index contributed by atoms with van der Waals surface area (Å²) in [5.74, 6) is 1.22. The maximum absolute atomic E-state index is 5.71. The second-order valence-electron chi connectivity index (χ2n) is 4.37. The fourth-order valence-electron chi connectivity index (χ4n) is 2.15. The molecule has 3 aromatic heterocycles. The Morgan fingerprint density at radius 3 is 3.11 bits per heavy atom. The molecule has 3 rings (SSSR count). The standard InChI is InChI=1S/C12H15N7/c1-2-4-19-5-3-14-10(19)6-9-8-7-15-18-11(8)17-12(13)16-9/h3,5,7H,2,4,6H2,1H3,(H3,13,15,16,17,18). The SMILES string of the molecule is CCCn1ccnc1Cc1nc(N)nc2[nH]ncc12. The van der Waals surface area contributed by atoms with E-state index in [0.29, 0.717) is 12.1 Å². The molecule has 0 fully saturated rings. The Labute approximate surface area is 109 Å². The number of rotatable bonds is 4. The van der Waals surface area contributed by atoms with Gasteiger partial charge in [0.15, 0.2) is 5.65 Å². The number of aromatic amines is 1. The second kappa shape index (κ2) is 4.68. The molecule has 0 atom stereocenters. The molecule has 0 amide bonds. The first-order valence-corrected chi connectivity index (χ1v) is 6.23. The van der Waals surface area contributed by atoms with Crippen LogP contribution in [0.4, 0.5) is 5.95 Å². The number of hydrogen-bond acceptors (Lipinski definition) is 5. The molecule has 3 heterocycles. The average Bonchev–Trinajstić information content (AvgIpc) is 2.99. The molecule has 0 unspecified atom stereocenters. The molecule has 19 heavy (non-hydrogen) atoms. The van der Waals surface area contributed by atoms with Crippen molar-refractivity contribution in [3.05, 3.63) is 30.1 Å². The summed E-state index contributed by atoms with van der Waals surface area (Å²) in [7, 11) is 0. The third kappa shape index (κ3) is 2.14. The molecule has 3 aromatic rings. The molecule has 7 heteroatoms. The Morgan fingerprint density at radius 2 is 2.26 bits per heavy atom. The molecule has 0 saturated carbocycles. The number of anilines is 1. The van der Waals surface area contributed by atoms with E-state index in [1.54, 1.807) is 6.20 Å². The quantitative estimate of drug-likeness (QED) is 0.730. The Balaban J connectivity index is 2.00. The minimum Gasteiger partial charge on any atom is -0.368 e. The number of aryl methyl sites for hydroxylation is 1. The number of nitrogens with two attached hydrogens (primary N) is 1. The van der Waals surface area contributed by atoms with Crippen LogP contribution in [0.15, 0.2) is 18.6 Å². The Hall–Kier alpha value is -2.44. The van der Waals surface area contributed by atoms with Crippen LogP contribution in [0.3, 0.4) is 0 Å². The lowest BCUT2D eigenvalue weighted by Crippen LogP contribution is -2.06. The normalized spacial score (nSPS) is 11.2. The number of hydrogen-bond donors (Lipinski definition) is 2. The lowest BCUT2D eigenvalue weighted by Gasteiger charge is -2.06. The molecule has 0 aromatic carbocycles. The summed E-state index contributed by atoms with van der Waals surface area (Å²) in [5.41, 5.74) is 7.22. The summed E-state index contributed by atoms with van der Waals surface area (Å²) in [4.78, 5) is 12.8. The summed E-state index contributed by atoms with van der Waals surface area (Å²) in [6.45, 7) is 3.09. The fourth-order valence-corrected chi connectivity index (χ4v) is 2.15. The highest BCUT2D eigenvalue weighted by Crippen LogP contribution is 2.17. The molecular formula is C12H15N7. The maximum atomic E-state index is 5.71. The summed E-state index contributed by atoms with van der Waals surface area (Å²) in [5, 5.41) is 7.68. The number of imidazole rings is 1. The van der Waals surface area contributed by atoms with E-state index < -0.39 is 0 Å². The van der Waals surface area contributed by atoms with E-state index in [4.69, 9.17) is 5.73 Å². The summed E-state index contributed by atoms with van der Waals surface area (Å²) in [6, 6.07) is 0. The number of aromatic nitrogens is 6. The van der Waals surface area contributed by atoms with E-state index in [1.165, 1.54) is 0 Å². The molecule has 0 aliphatic carbocycles. The van der Waals surface area contributed by atoms with Crippen molar-refractivity contribution in [2.45, 2.75) is 26.3 Å². The minimum atomic E-state index is 0.250. The van der Waals surface area contributed by atoms with Crippen LogP contribution in [0.25, 0.3) is 11.0 Å². The van der Waals surface area contributed by atoms with Gasteiger partial charge in [0, 0.05) is 25.4 Å². The third-order valence-electron chi connectivity index (χ3n) is 3.00. The fraction of sp³-hybridized carbons (Fsp3) is 0.333. The highest BCUT2D eigenvalue weighted by Gasteiger charge is 2.11. The number of nitrogens with zero attached hydrogens (tertiary/aromatic N) is 5. The molecule has 0 spiro atoms. The molecule has 0 radical (unpaired) electrons. The van der Waals surface area contributed by atoms with E-state index in [0.717, 1.165) is 29.9 Å². The van der Waals surface area contributed by atoms with Crippen molar-refractivity contribution >= 4 is 17.0 Å². The average molecular weight is 257 g/mol. The first-order chi connectivity index (χ1) is 9.28. The lowest BCUT2D eigenvalue weighted by atomic mass is 10.2. The van der Waals surface area contributed by atoms with Crippen molar-refractivity contribution in [3.63, 3.8) is 0 Å². The second-order valence-corrected chi connectivity index (χ2v) is 4.37. The zero-order valence-corrected chi connectivity index (χ0v) is 10.7. The van der Waals surface area contributed by atoms with E-state index >= 15 is 0 Å². The Kier molecular flexibility index (Phi) is 2.86. The van der Waals surface area contributed by atoms with Crippen LogP contribution in [0, 0.1) is 0 Å². The van der Waals surface area contributed by atoms with Gasteiger partial charge in [-0.1, -0.05) is 6.92 Å². The minimum absolute atomic E-state index is 0.250. The molecule has 0 bridgehead atoms. The number of nitrogens with one attached hydrogen (secondary N) is 1. The first-order valence-electron chi connectivity index (χ1n) is 6.23. The highest BCUT2D eigenvalue weighted by molar-refractivity contribution is 5.77. The van der Waals surface area contributed by atoms with Crippen LogP contribution < -0.4 is 5.73 Å². The van der Waals surface area contributed by atoms with Crippen molar-refractivity contribution in [2.75, 3.05) is 5.73 Å². The van der Waals surface area contributed by atoms with Gasteiger partial charge >= 0.3 is 0 Å². The van der Waals surface area contributed by atoms with Gasteiger partial charge in [-0.3, -0.25) is 5.10 Å². The molecule has 0 saturated heterocycles. The maximum Gasteiger partial charge on any atom is 0.222 e. The number of H-pyrrole nitrogens is 1. The van der Waals surface area contributed by atoms with Crippen LogP contribution in [0.5, 0.6) is 0 Å². The van der Waals surface area contributed by atoms with Crippen LogP contribution in [0.1, 0.15) is 24.9 Å². The van der Waals surface area contributed by atoms with Gasteiger partial charge in [-0.25, -0.2) is 9.97 Å². The van der Waals surface area contributed by atoms with Crippen molar-refractivity contribution in [1.82, 2.24) is 29.7 Å². The van der Waals surface area contributed by atoms with Crippen LogP contribution >= 0.6 is 0 Å². The predicted octanol–water partition coefficient (Wildman–Crippen LogP) is 1.13. The van der Waals surface area contributed by atoms with Gasteiger partial charge in [0.2, 0.25) is 5.95 Å². The topological polar surface area (TPSA) is 98.3 Å². The summed E-state index contributed by atoms with van der Waals surface area (Å²) >= 11 is 0. The van der Waals surface area contributed by atoms with Gasteiger partial charge < -0.3 is 10.3 Å². The summed E-state index contributed by atoms with van der Waals surface area (Å²) < 4.78 is 2.13. The van der Waals surface area contributed by atoms with Gasteiger partial charge in [0.1, 0.15) is 5.82 Å². The van der Waals surface area contributed by atoms with Gasteiger partial charge in [0.05, 0.1) is 17.3 Å². The van der Waals surface area contributed by atoms with E-state index in [-0.39, 0.29) is 5.95 Å². The number of nitrogen functional groups attached to an aromatic ring is 1. The van der Waals surface area contributed by atoms with Gasteiger partial charge in [-0.2, -0.15) is 10.1 Å². The van der Waals surface area contributed by atoms with Crippen LogP contribution in [-0.4, -0.2) is 29.7 Å². The van der Waals surface area contributed by atoms with Crippen LogP contribution in [0.2, 0.25) is 0 Å². The largest absolute Gasteiger partial charge is 0.368 e. The molecular weight excluding hydrogens is 242 g/mol. The van der Waals surface area contributed by atoms with E-state index in [1.807, 2.05) is 12.4 Å². The van der Waals surface area contributed by atoms with Crippen LogP contribution in [-0.2, 0) is 13.0 Å². The molecule has 3 N–H and O–H groups in total. The summed E-state index contributed by atoms with van der Waals surface area (Å²) in [6.07, 6.45) is 7.20. The Bertz CT molecular complexity index is 697. The van der Waals surface area contributed by atoms with Crippen molar-refractivity contribution in [3.8, 4) is 0 Å². The van der Waals surface area contributed by atoms with Crippen molar-refractivity contribution in [2.24, 2.45) is 0 Å². The molecule has 0 aliphatic rings. The van der Waals surface area contributed by atoms with Crippen molar-refractivity contribution < 1.29 is 0 Å². The monoisotopic (exact) mass is 257 g/mol. The predicted molar refractivity (Wildman–Crippen MR) is 71.4 cm³/mol. The smallest absolute Gasteiger partial charge is 0.222 e. The van der Waals surface area contributed by atoms with E-state index in [2.05, 4.69) is 36.6 Å². The zero-order valence-electron chi connectivity index (χ0n) is 10.7. The molecule has 98 valence electrons. The zero-order chi connectivity index (χ0) is 13.2. The molecule has 7 nitrogen and oxygen atoms in total. The van der Waals surface area contributed by atoms with Gasteiger partial charge in [-0.15, -0.1) is 0 Å². The number of fused-ring (bicyclic) bond motifs is 1.